The smallest absolute Gasteiger partial charge is 0.261 e. The Labute approximate surface area is 249 Å². The number of amides is 2. The highest BCUT2D eigenvalue weighted by Gasteiger charge is 2.32. The van der Waals surface area contributed by atoms with E-state index in [2.05, 4.69) is 10.0 Å². The fourth-order valence-corrected chi connectivity index (χ4v) is 6.89. The third kappa shape index (κ3) is 6.75. The predicted octanol–water partition coefficient (Wildman–Crippen LogP) is 6.78. The van der Waals surface area contributed by atoms with Crippen molar-refractivity contribution in [1.29, 1.82) is 0 Å². The van der Waals surface area contributed by atoms with E-state index in [0.29, 0.717) is 34.3 Å². The van der Waals surface area contributed by atoms with Crippen molar-refractivity contribution in [1.82, 2.24) is 4.90 Å². The van der Waals surface area contributed by atoms with E-state index in [1.807, 2.05) is 67.3 Å². The van der Waals surface area contributed by atoms with E-state index >= 15 is 0 Å². The number of nitrogens with zero attached hydrogens (tertiary/aromatic N) is 1. The minimum atomic E-state index is -3.79. The van der Waals surface area contributed by atoms with E-state index in [9.17, 15) is 18.0 Å². The van der Waals surface area contributed by atoms with Crippen LogP contribution in [0.1, 0.15) is 38.0 Å². The molecule has 0 spiro atoms. The molecule has 10 heteroatoms. The number of carbonyl (C=O) groups is 2. The number of carbonyl (C=O) groups excluding carboxylic acids is 2. The Morgan fingerprint density at radius 3 is 2.32 bits per heavy atom. The summed E-state index contributed by atoms with van der Waals surface area (Å²) in [6.45, 7) is 4.21. The number of thioether (sulfide) groups is 1. The molecule has 4 aromatic rings. The van der Waals surface area contributed by atoms with Gasteiger partial charge in [0.25, 0.3) is 15.9 Å². The van der Waals surface area contributed by atoms with Gasteiger partial charge in [0.1, 0.15) is 5.37 Å². The van der Waals surface area contributed by atoms with Crippen LogP contribution in [-0.2, 0) is 21.4 Å². The van der Waals surface area contributed by atoms with E-state index in [1.165, 1.54) is 12.1 Å². The average Bonchev–Trinajstić information content (AvgIpc) is 3.31. The Morgan fingerprint density at radius 2 is 1.63 bits per heavy atom. The molecule has 41 heavy (non-hydrogen) atoms. The maximum Gasteiger partial charge on any atom is 0.261 e. The molecule has 4 aromatic carbocycles. The largest absolute Gasteiger partial charge is 0.322 e. The van der Waals surface area contributed by atoms with Crippen LogP contribution >= 0.6 is 23.4 Å². The molecule has 0 aromatic heterocycles. The first-order valence-corrected chi connectivity index (χ1v) is 15.8. The summed E-state index contributed by atoms with van der Waals surface area (Å²) >= 11 is 7.54. The van der Waals surface area contributed by atoms with Crippen molar-refractivity contribution >= 4 is 56.6 Å². The Morgan fingerprint density at radius 1 is 0.951 bits per heavy atom. The molecule has 1 saturated heterocycles. The maximum atomic E-state index is 12.9. The second-order valence-corrected chi connectivity index (χ2v) is 13.0. The SMILES string of the molecule is Cc1ccc(C)c(NS(=O)(=O)c2ccc(NC(=O)c3ccc([C@@H]4SCC(=O)N4Cc4ccc(Cl)cc4)cc3)cc2)c1. The molecule has 1 fully saturated rings. The summed E-state index contributed by atoms with van der Waals surface area (Å²) in [5, 5.41) is 3.31. The topological polar surface area (TPSA) is 95.6 Å². The fraction of sp³-hybridized carbons (Fsp3) is 0.161. The number of rotatable bonds is 8. The molecular formula is C31H28ClN3O4S2. The zero-order valence-corrected chi connectivity index (χ0v) is 24.8. The normalized spacial score (nSPS) is 15.1. The number of benzene rings is 4. The van der Waals surface area contributed by atoms with Gasteiger partial charge in [-0.15, -0.1) is 11.8 Å². The summed E-state index contributed by atoms with van der Waals surface area (Å²) in [6, 6.07) is 26.2. The van der Waals surface area contributed by atoms with Gasteiger partial charge in [-0.3, -0.25) is 14.3 Å². The van der Waals surface area contributed by atoms with Crippen molar-refractivity contribution in [3.8, 4) is 0 Å². The minimum absolute atomic E-state index is 0.0615. The van der Waals surface area contributed by atoms with E-state index in [4.69, 9.17) is 11.6 Å². The standard InChI is InChI=1S/C31H28ClN3O4S2/c1-20-3-4-21(2)28(17-20)34-41(38,39)27-15-13-26(14-16-27)33-30(37)23-7-9-24(10-8-23)31-35(29(36)19-40-31)18-22-5-11-25(32)12-6-22/h3-17,31,34H,18-19H2,1-2H3,(H,33,37)/t31-/m0/s1. The molecule has 0 aliphatic carbocycles. The van der Waals surface area contributed by atoms with Crippen LogP contribution in [0.25, 0.3) is 0 Å². The van der Waals surface area contributed by atoms with Crippen LogP contribution in [0.4, 0.5) is 11.4 Å². The lowest BCUT2D eigenvalue weighted by atomic mass is 10.1. The zero-order valence-electron chi connectivity index (χ0n) is 22.4. The lowest BCUT2D eigenvalue weighted by Crippen LogP contribution is -2.27. The molecule has 0 radical (unpaired) electrons. The van der Waals surface area contributed by atoms with E-state index in [0.717, 1.165) is 22.3 Å². The van der Waals surface area contributed by atoms with Crippen molar-refractivity contribution in [3.05, 3.63) is 124 Å². The number of hydrogen-bond donors (Lipinski definition) is 2. The van der Waals surface area contributed by atoms with Gasteiger partial charge in [-0.2, -0.15) is 0 Å². The third-order valence-corrected chi connectivity index (χ3v) is 9.64. The summed E-state index contributed by atoms with van der Waals surface area (Å²) in [5.41, 5.74) is 5.13. The number of aryl methyl sites for hydroxylation is 2. The lowest BCUT2D eigenvalue weighted by molar-refractivity contribution is -0.128. The zero-order chi connectivity index (χ0) is 29.1. The first-order valence-electron chi connectivity index (χ1n) is 12.9. The maximum absolute atomic E-state index is 12.9. The number of nitrogens with one attached hydrogen (secondary N) is 2. The van der Waals surface area contributed by atoms with E-state index in [1.54, 1.807) is 42.1 Å². The molecule has 0 saturated carbocycles. The molecule has 1 aliphatic heterocycles. The van der Waals surface area contributed by atoms with Gasteiger partial charge < -0.3 is 10.2 Å². The predicted molar refractivity (Wildman–Crippen MR) is 165 cm³/mol. The molecular weight excluding hydrogens is 578 g/mol. The Hall–Kier alpha value is -3.79. The van der Waals surface area contributed by atoms with Gasteiger partial charge in [0.15, 0.2) is 0 Å². The van der Waals surface area contributed by atoms with E-state index < -0.39 is 10.0 Å². The van der Waals surface area contributed by atoms with Gasteiger partial charge in [-0.05, 0) is 90.7 Å². The van der Waals surface area contributed by atoms with Crippen LogP contribution in [0.2, 0.25) is 5.02 Å². The van der Waals surface area contributed by atoms with Crippen LogP contribution < -0.4 is 10.0 Å². The summed E-state index contributed by atoms with van der Waals surface area (Å²) in [6.07, 6.45) is 0. The van der Waals surface area contributed by atoms with Crippen molar-refractivity contribution in [3.63, 3.8) is 0 Å². The molecule has 1 atom stereocenters. The van der Waals surface area contributed by atoms with Crippen molar-refractivity contribution < 1.29 is 18.0 Å². The minimum Gasteiger partial charge on any atom is -0.322 e. The van der Waals surface area contributed by atoms with Gasteiger partial charge >= 0.3 is 0 Å². The molecule has 0 bridgehead atoms. The molecule has 2 N–H and O–H groups in total. The number of anilines is 2. The Bertz CT molecular complexity index is 1690. The third-order valence-electron chi connectivity index (χ3n) is 6.75. The van der Waals surface area contributed by atoms with Gasteiger partial charge in [0.2, 0.25) is 5.91 Å². The molecule has 1 heterocycles. The first-order chi connectivity index (χ1) is 19.6. The van der Waals surface area contributed by atoms with E-state index in [-0.39, 0.29) is 22.1 Å². The lowest BCUT2D eigenvalue weighted by Gasteiger charge is -2.24. The van der Waals surface area contributed by atoms with Gasteiger partial charge in [0.05, 0.1) is 16.3 Å². The molecule has 7 nitrogen and oxygen atoms in total. The van der Waals surface area contributed by atoms with Crippen LogP contribution in [0.5, 0.6) is 0 Å². The van der Waals surface area contributed by atoms with Crippen LogP contribution in [0.15, 0.2) is 95.9 Å². The van der Waals surface area contributed by atoms with Crippen molar-refractivity contribution in [2.45, 2.75) is 30.7 Å². The van der Waals surface area contributed by atoms with Crippen LogP contribution in [0.3, 0.4) is 0 Å². The summed E-state index contributed by atoms with van der Waals surface area (Å²) in [5.74, 6) is 0.132. The summed E-state index contributed by atoms with van der Waals surface area (Å²) in [7, 11) is -3.79. The van der Waals surface area contributed by atoms with Gasteiger partial charge in [-0.1, -0.05) is 48.0 Å². The van der Waals surface area contributed by atoms with Gasteiger partial charge in [0, 0.05) is 22.8 Å². The summed E-state index contributed by atoms with van der Waals surface area (Å²) < 4.78 is 28.4. The van der Waals surface area contributed by atoms with Crippen molar-refractivity contribution in [2.24, 2.45) is 0 Å². The molecule has 0 unspecified atom stereocenters. The summed E-state index contributed by atoms with van der Waals surface area (Å²) in [4.78, 5) is 27.4. The monoisotopic (exact) mass is 605 g/mol. The molecule has 210 valence electrons. The fourth-order valence-electron chi connectivity index (χ4n) is 4.46. The molecule has 5 rings (SSSR count). The van der Waals surface area contributed by atoms with Gasteiger partial charge in [-0.25, -0.2) is 8.42 Å². The number of sulfonamides is 1. The highest BCUT2D eigenvalue weighted by Crippen LogP contribution is 2.39. The number of halogens is 1. The second kappa shape index (κ2) is 12.0. The first kappa shape index (κ1) is 28.7. The van der Waals surface area contributed by atoms with Crippen LogP contribution in [-0.4, -0.2) is 30.9 Å². The second-order valence-electron chi connectivity index (χ2n) is 9.84. The highest BCUT2D eigenvalue weighted by atomic mass is 35.5. The molecule has 2 amide bonds. The van der Waals surface area contributed by atoms with Crippen molar-refractivity contribution in [2.75, 3.05) is 15.8 Å². The highest BCUT2D eigenvalue weighted by molar-refractivity contribution is 8.00. The Balaban J connectivity index is 1.23. The van der Waals surface area contributed by atoms with Crippen LogP contribution in [0, 0.1) is 13.8 Å². The average molecular weight is 606 g/mol. The Kier molecular flexibility index (Phi) is 8.40. The molecule has 1 aliphatic rings. The quantitative estimate of drug-likeness (QED) is 0.231. The number of hydrogen-bond acceptors (Lipinski definition) is 5.